The SMILES string of the molecule is CCc1cc(-c2cnc3ccc(C=C4SC(=O)NC4=O)nn23)ccc1N1CCN(CC)CC1. The molecule has 2 aliphatic heterocycles. The number of anilines is 1. The quantitative estimate of drug-likeness (QED) is 0.582. The molecule has 4 heterocycles. The van der Waals surface area contributed by atoms with Crippen molar-refractivity contribution in [1.29, 1.82) is 0 Å². The summed E-state index contributed by atoms with van der Waals surface area (Å²) in [4.78, 5) is 33.1. The number of amides is 2. The van der Waals surface area contributed by atoms with Crippen molar-refractivity contribution in [2.45, 2.75) is 20.3 Å². The maximum atomic E-state index is 11.9. The number of carbonyl (C=O) groups is 2. The first-order valence-electron chi connectivity index (χ1n) is 11.3. The molecule has 0 aliphatic carbocycles. The number of imide groups is 1. The van der Waals surface area contributed by atoms with E-state index in [0.717, 1.165) is 67.8 Å². The predicted molar refractivity (Wildman–Crippen MR) is 131 cm³/mol. The number of nitrogens with one attached hydrogen (secondary N) is 1. The van der Waals surface area contributed by atoms with Gasteiger partial charge in [0.2, 0.25) is 0 Å². The van der Waals surface area contributed by atoms with Crippen molar-refractivity contribution in [1.82, 2.24) is 24.8 Å². The number of aryl methyl sites for hydroxylation is 1. The molecule has 0 unspecified atom stereocenters. The lowest BCUT2D eigenvalue weighted by Gasteiger charge is -2.36. The maximum Gasteiger partial charge on any atom is 0.290 e. The summed E-state index contributed by atoms with van der Waals surface area (Å²) in [5, 5.41) is 6.59. The summed E-state index contributed by atoms with van der Waals surface area (Å²) in [6.07, 6.45) is 4.40. The van der Waals surface area contributed by atoms with Crippen molar-refractivity contribution in [3.8, 4) is 11.3 Å². The molecule has 5 rings (SSSR count). The summed E-state index contributed by atoms with van der Waals surface area (Å²) in [6, 6.07) is 10.2. The molecule has 8 nitrogen and oxygen atoms in total. The first-order valence-corrected chi connectivity index (χ1v) is 12.1. The highest BCUT2D eigenvalue weighted by atomic mass is 32.2. The fraction of sp³-hybridized carbons (Fsp3) is 0.333. The van der Waals surface area contributed by atoms with Gasteiger partial charge in [0.05, 0.1) is 22.5 Å². The van der Waals surface area contributed by atoms with Gasteiger partial charge in [-0.3, -0.25) is 14.9 Å². The summed E-state index contributed by atoms with van der Waals surface area (Å²) in [6.45, 7) is 9.79. The molecule has 1 N–H and O–H groups in total. The summed E-state index contributed by atoms with van der Waals surface area (Å²) >= 11 is 0.887. The van der Waals surface area contributed by atoms with Gasteiger partial charge in [-0.15, -0.1) is 0 Å². The molecule has 2 saturated heterocycles. The highest BCUT2D eigenvalue weighted by molar-refractivity contribution is 8.18. The fourth-order valence-electron chi connectivity index (χ4n) is 4.36. The van der Waals surface area contributed by atoms with Crippen LogP contribution in [0, 0.1) is 0 Å². The Morgan fingerprint density at radius 1 is 1.09 bits per heavy atom. The van der Waals surface area contributed by atoms with Gasteiger partial charge < -0.3 is 9.80 Å². The Kier molecular flexibility index (Phi) is 5.90. The molecular weight excluding hydrogens is 436 g/mol. The lowest BCUT2D eigenvalue weighted by Crippen LogP contribution is -2.46. The van der Waals surface area contributed by atoms with Gasteiger partial charge in [-0.1, -0.05) is 19.9 Å². The van der Waals surface area contributed by atoms with Gasteiger partial charge in [0, 0.05) is 37.4 Å². The largest absolute Gasteiger partial charge is 0.369 e. The zero-order chi connectivity index (χ0) is 22.9. The molecule has 2 fully saturated rings. The molecule has 0 atom stereocenters. The number of carbonyl (C=O) groups excluding carboxylic acids is 2. The van der Waals surface area contributed by atoms with Crippen LogP contribution in [0.4, 0.5) is 10.5 Å². The van der Waals surface area contributed by atoms with E-state index in [2.05, 4.69) is 57.2 Å². The van der Waals surface area contributed by atoms with E-state index in [1.165, 1.54) is 11.3 Å². The minimum Gasteiger partial charge on any atom is -0.369 e. The van der Waals surface area contributed by atoms with Crippen molar-refractivity contribution < 1.29 is 9.59 Å². The number of imidazole rings is 1. The molecule has 2 aliphatic rings. The highest BCUT2D eigenvalue weighted by Gasteiger charge is 2.25. The minimum absolute atomic E-state index is 0.342. The monoisotopic (exact) mass is 462 g/mol. The molecule has 9 heteroatoms. The van der Waals surface area contributed by atoms with Gasteiger partial charge in [0.1, 0.15) is 0 Å². The van der Waals surface area contributed by atoms with Gasteiger partial charge in [0.25, 0.3) is 11.1 Å². The van der Waals surface area contributed by atoms with Crippen molar-refractivity contribution in [2.75, 3.05) is 37.6 Å². The van der Waals surface area contributed by atoms with Crippen molar-refractivity contribution in [3.05, 3.63) is 52.7 Å². The Hall–Kier alpha value is -3.17. The van der Waals surface area contributed by atoms with Crippen LogP contribution in [-0.4, -0.2) is 63.4 Å². The van der Waals surface area contributed by atoms with Gasteiger partial charge in [-0.25, -0.2) is 9.50 Å². The van der Waals surface area contributed by atoms with E-state index < -0.39 is 0 Å². The molecule has 0 bridgehead atoms. The predicted octanol–water partition coefficient (Wildman–Crippen LogP) is 3.42. The van der Waals surface area contributed by atoms with E-state index in [1.807, 2.05) is 12.3 Å². The van der Waals surface area contributed by atoms with Crippen molar-refractivity contribution >= 4 is 40.3 Å². The Morgan fingerprint density at radius 3 is 2.61 bits per heavy atom. The summed E-state index contributed by atoms with van der Waals surface area (Å²) in [5.41, 5.74) is 5.87. The van der Waals surface area contributed by atoms with Crippen molar-refractivity contribution in [3.63, 3.8) is 0 Å². The normalized spacial score (nSPS) is 18.5. The third-order valence-corrected chi connectivity index (χ3v) is 7.03. The number of benzene rings is 1. The van der Waals surface area contributed by atoms with Gasteiger partial charge in [-0.05, 0) is 60.6 Å². The number of aromatic nitrogens is 3. The van der Waals surface area contributed by atoms with Gasteiger partial charge >= 0.3 is 0 Å². The molecule has 0 spiro atoms. The van der Waals surface area contributed by atoms with Crippen LogP contribution in [0.3, 0.4) is 0 Å². The molecule has 170 valence electrons. The van der Waals surface area contributed by atoms with E-state index in [4.69, 9.17) is 0 Å². The zero-order valence-corrected chi connectivity index (χ0v) is 19.6. The highest BCUT2D eigenvalue weighted by Crippen LogP contribution is 2.30. The van der Waals surface area contributed by atoms with Crippen LogP contribution in [0.15, 0.2) is 41.4 Å². The minimum atomic E-state index is -0.388. The number of likely N-dealkylation sites (N-methyl/N-ethyl adjacent to an activating group) is 1. The molecule has 2 aromatic heterocycles. The topological polar surface area (TPSA) is 82.8 Å². The van der Waals surface area contributed by atoms with Crippen LogP contribution in [0.25, 0.3) is 23.0 Å². The van der Waals surface area contributed by atoms with Gasteiger partial charge in [0.15, 0.2) is 5.65 Å². The zero-order valence-electron chi connectivity index (χ0n) is 18.7. The first-order chi connectivity index (χ1) is 16.1. The molecule has 2 amide bonds. The average Bonchev–Trinajstić information content (AvgIpc) is 3.40. The second kappa shape index (κ2) is 8.99. The smallest absolute Gasteiger partial charge is 0.290 e. The molecular formula is C24H26N6O2S. The molecule has 3 aromatic rings. The average molecular weight is 463 g/mol. The number of nitrogens with zero attached hydrogens (tertiary/aromatic N) is 5. The second-order valence-electron chi connectivity index (χ2n) is 8.14. The maximum absolute atomic E-state index is 11.9. The van der Waals surface area contributed by atoms with Crippen LogP contribution >= 0.6 is 11.8 Å². The van der Waals surface area contributed by atoms with E-state index in [1.54, 1.807) is 16.7 Å². The number of rotatable bonds is 5. The van der Waals surface area contributed by atoms with E-state index >= 15 is 0 Å². The third kappa shape index (κ3) is 4.26. The molecule has 0 saturated carbocycles. The number of hydrogen-bond acceptors (Lipinski definition) is 7. The van der Waals surface area contributed by atoms with Gasteiger partial charge in [-0.2, -0.15) is 5.10 Å². The first kappa shape index (κ1) is 21.7. The molecule has 33 heavy (non-hydrogen) atoms. The van der Waals surface area contributed by atoms with E-state index in [0.29, 0.717) is 10.6 Å². The Bertz CT molecular complexity index is 1260. The standard InChI is InChI=1S/C24H26N6O2S/c1-3-16-13-17(5-7-19(16)29-11-9-28(4-2)10-12-29)20-15-25-22-8-6-18(27-30(20)22)14-21-23(31)26-24(32)33-21/h5-8,13-15H,3-4,9-12H2,1-2H3,(H,26,31,32). The number of hydrogen-bond donors (Lipinski definition) is 1. The Morgan fingerprint density at radius 2 is 1.91 bits per heavy atom. The number of fused-ring (bicyclic) bond motifs is 1. The van der Waals surface area contributed by atoms with E-state index in [9.17, 15) is 9.59 Å². The summed E-state index contributed by atoms with van der Waals surface area (Å²) < 4.78 is 1.79. The third-order valence-electron chi connectivity index (χ3n) is 6.22. The van der Waals surface area contributed by atoms with Crippen LogP contribution in [-0.2, 0) is 11.2 Å². The lowest BCUT2D eigenvalue weighted by atomic mass is 10.0. The number of thioether (sulfide) groups is 1. The Balaban J connectivity index is 1.47. The molecule has 1 aromatic carbocycles. The van der Waals surface area contributed by atoms with Crippen LogP contribution < -0.4 is 10.2 Å². The molecule has 0 radical (unpaired) electrons. The van der Waals surface area contributed by atoms with Crippen LogP contribution in [0.5, 0.6) is 0 Å². The van der Waals surface area contributed by atoms with Crippen LogP contribution in [0.2, 0.25) is 0 Å². The summed E-state index contributed by atoms with van der Waals surface area (Å²) in [5.74, 6) is -0.388. The fourth-order valence-corrected chi connectivity index (χ4v) is 5.03. The summed E-state index contributed by atoms with van der Waals surface area (Å²) in [7, 11) is 0. The lowest BCUT2D eigenvalue weighted by molar-refractivity contribution is -0.115. The second-order valence-corrected chi connectivity index (χ2v) is 9.16. The van der Waals surface area contributed by atoms with Crippen LogP contribution in [0.1, 0.15) is 25.1 Å². The van der Waals surface area contributed by atoms with E-state index in [-0.39, 0.29) is 11.1 Å². The number of piperazine rings is 1. The Labute approximate surface area is 196 Å². The van der Waals surface area contributed by atoms with Crippen molar-refractivity contribution in [2.24, 2.45) is 0 Å².